The van der Waals surface area contributed by atoms with Crippen LogP contribution in [-0.2, 0) is 22.1 Å². The Hall–Kier alpha value is -2.69. The number of pyridine rings is 1. The molecule has 39 heavy (non-hydrogen) atoms. The lowest BCUT2D eigenvalue weighted by molar-refractivity contribution is 0.293. The van der Waals surface area contributed by atoms with Crippen LogP contribution in [0.1, 0.15) is 63.1 Å². The lowest BCUT2D eigenvalue weighted by Gasteiger charge is -2.22. The zero-order chi connectivity index (χ0) is 28.2. The van der Waals surface area contributed by atoms with Crippen LogP contribution in [0.25, 0.3) is 11.1 Å². The molecule has 1 fully saturated rings. The minimum absolute atomic E-state index is 0.0114. The van der Waals surface area contributed by atoms with Crippen molar-refractivity contribution in [1.82, 2.24) is 4.98 Å². The molecule has 1 heterocycles. The van der Waals surface area contributed by atoms with Gasteiger partial charge in [-0.2, -0.15) is 0 Å². The number of nitrogens with zero attached hydrogens (tertiary/aromatic N) is 1. The Kier molecular flexibility index (Phi) is 9.18. The number of hydrogen-bond donors (Lipinski definition) is 0. The van der Waals surface area contributed by atoms with Gasteiger partial charge in [0.15, 0.2) is 0 Å². The largest absolute Gasteiger partial charge is 0.497 e. The van der Waals surface area contributed by atoms with Crippen molar-refractivity contribution in [2.45, 2.75) is 59.5 Å². The van der Waals surface area contributed by atoms with E-state index >= 15 is 0 Å². The van der Waals surface area contributed by atoms with E-state index in [9.17, 15) is 8.96 Å². The van der Waals surface area contributed by atoms with Crippen molar-refractivity contribution >= 4 is 7.37 Å². The van der Waals surface area contributed by atoms with Gasteiger partial charge in [0.05, 0.1) is 13.7 Å². The van der Waals surface area contributed by atoms with Gasteiger partial charge < -0.3 is 14.0 Å². The van der Waals surface area contributed by atoms with Crippen LogP contribution >= 0.6 is 7.37 Å². The average molecular weight is 554 g/mol. The van der Waals surface area contributed by atoms with Crippen molar-refractivity contribution < 1.29 is 23.0 Å². The van der Waals surface area contributed by atoms with Crippen LogP contribution in [0.2, 0.25) is 0 Å². The van der Waals surface area contributed by atoms with Crippen LogP contribution in [0.3, 0.4) is 0 Å². The summed E-state index contributed by atoms with van der Waals surface area (Å²) in [6.45, 7) is 10.9. The normalized spacial score (nSPS) is 16.0. The maximum Gasteiger partial charge on any atom is 0.213 e. The SMILES string of the molecule is CCOP(C)(=O)CC(c1ccnc(OCc2ccc(-c3cc(OC)ccc3F)c(CC(C)(C)C)c2)c1)C1CC1. The molecular formula is C32H41FNO4P. The van der Waals surface area contributed by atoms with Crippen LogP contribution in [0.15, 0.2) is 54.7 Å². The number of rotatable bonds is 12. The van der Waals surface area contributed by atoms with E-state index in [1.54, 1.807) is 32.1 Å². The molecule has 1 aliphatic rings. The topological polar surface area (TPSA) is 57.7 Å². The van der Waals surface area contributed by atoms with Gasteiger partial charge in [-0.3, -0.25) is 4.57 Å². The molecular weight excluding hydrogens is 512 g/mol. The van der Waals surface area contributed by atoms with E-state index < -0.39 is 7.37 Å². The van der Waals surface area contributed by atoms with Gasteiger partial charge in [0.25, 0.3) is 0 Å². The summed E-state index contributed by atoms with van der Waals surface area (Å²) in [4.78, 5) is 4.44. The van der Waals surface area contributed by atoms with Crippen molar-refractivity contribution in [3.05, 3.63) is 77.2 Å². The van der Waals surface area contributed by atoms with E-state index in [1.165, 1.54) is 6.07 Å². The third-order valence-corrected chi connectivity index (χ3v) is 8.91. The van der Waals surface area contributed by atoms with E-state index in [4.69, 9.17) is 14.0 Å². The fourth-order valence-electron chi connectivity index (χ4n) is 5.15. The van der Waals surface area contributed by atoms with Gasteiger partial charge in [0, 0.05) is 30.7 Å². The quantitative estimate of drug-likeness (QED) is 0.211. The Morgan fingerprint density at radius 2 is 1.85 bits per heavy atom. The lowest BCUT2D eigenvalue weighted by Crippen LogP contribution is -2.11. The maximum absolute atomic E-state index is 14.9. The minimum atomic E-state index is -2.66. The highest BCUT2D eigenvalue weighted by Gasteiger charge is 2.36. The molecule has 0 saturated heterocycles. The second-order valence-electron chi connectivity index (χ2n) is 11.8. The second kappa shape index (κ2) is 12.2. The predicted molar refractivity (Wildman–Crippen MR) is 156 cm³/mol. The molecule has 210 valence electrons. The first kappa shape index (κ1) is 29.3. The predicted octanol–water partition coefficient (Wildman–Crippen LogP) is 8.50. The lowest BCUT2D eigenvalue weighted by atomic mass is 9.84. The van der Waals surface area contributed by atoms with Gasteiger partial charge >= 0.3 is 0 Å². The molecule has 2 aromatic carbocycles. The fourth-order valence-corrected chi connectivity index (χ4v) is 7.03. The number of aromatic nitrogens is 1. The Bertz CT molecular complexity index is 1330. The Morgan fingerprint density at radius 1 is 1.08 bits per heavy atom. The van der Waals surface area contributed by atoms with Gasteiger partial charge in [0.1, 0.15) is 18.2 Å². The summed E-state index contributed by atoms with van der Waals surface area (Å²) < 4.78 is 44.9. The van der Waals surface area contributed by atoms with Crippen LogP contribution in [0, 0.1) is 17.2 Å². The molecule has 3 aromatic rings. The Balaban J connectivity index is 1.56. The number of benzene rings is 2. The first-order valence-corrected chi connectivity index (χ1v) is 16.0. The van der Waals surface area contributed by atoms with E-state index in [-0.39, 0.29) is 17.2 Å². The molecule has 4 rings (SSSR count). The smallest absolute Gasteiger partial charge is 0.213 e. The van der Waals surface area contributed by atoms with Crippen LogP contribution < -0.4 is 9.47 Å². The summed E-state index contributed by atoms with van der Waals surface area (Å²) in [5.41, 5.74) is 4.54. The highest BCUT2D eigenvalue weighted by molar-refractivity contribution is 7.58. The third kappa shape index (κ3) is 8.16. The highest BCUT2D eigenvalue weighted by atomic mass is 31.2. The van der Waals surface area contributed by atoms with Gasteiger partial charge in [-0.25, -0.2) is 9.37 Å². The molecule has 1 saturated carbocycles. The molecule has 0 spiro atoms. The van der Waals surface area contributed by atoms with E-state index in [1.807, 2.05) is 31.2 Å². The Morgan fingerprint density at radius 3 is 2.51 bits per heavy atom. The van der Waals surface area contributed by atoms with Crippen molar-refractivity contribution in [2.75, 3.05) is 26.5 Å². The zero-order valence-corrected chi connectivity index (χ0v) is 24.9. The standard InChI is InChI=1S/C32H41FNO4P/c1-7-38-39(6,35)21-29(23-9-10-23)24-14-15-34-31(17-24)37-20-22-8-12-27(25(16-22)19-32(2,3)4)28-18-26(36-5)11-13-30(28)33/h8,11-18,23,29H,7,9-10,19-21H2,1-6H3. The fraction of sp³-hybridized carbons (Fsp3) is 0.469. The van der Waals surface area contributed by atoms with Gasteiger partial charge in [0.2, 0.25) is 13.2 Å². The monoisotopic (exact) mass is 553 g/mol. The molecule has 0 amide bonds. The first-order valence-electron chi connectivity index (χ1n) is 13.7. The summed E-state index contributed by atoms with van der Waals surface area (Å²) in [6.07, 6.45) is 5.37. The summed E-state index contributed by atoms with van der Waals surface area (Å²) in [6, 6.07) is 14.9. The minimum Gasteiger partial charge on any atom is -0.497 e. The summed E-state index contributed by atoms with van der Waals surface area (Å²) in [5, 5.41) is 0. The number of hydrogen-bond acceptors (Lipinski definition) is 5. The Labute approximate surface area is 232 Å². The molecule has 1 aromatic heterocycles. The molecule has 2 unspecified atom stereocenters. The van der Waals surface area contributed by atoms with E-state index in [0.29, 0.717) is 42.5 Å². The van der Waals surface area contributed by atoms with E-state index in [0.717, 1.165) is 41.5 Å². The molecule has 1 aliphatic carbocycles. The summed E-state index contributed by atoms with van der Waals surface area (Å²) in [7, 11) is -1.08. The number of methoxy groups -OCH3 is 1. The van der Waals surface area contributed by atoms with Crippen molar-refractivity contribution in [2.24, 2.45) is 11.3 Å². The first-order chi connectivity index (χ1) is 18.5. The maximum atomic E-state index is 14.9. The van der Waals surface area contributed by atoms with Crippen molar-refractivity contribution in [1.29, 1.82) is 0 Å². The number of halogens is 1. The molecule has 5 nitrogen and oxygen atoms in total. The zero-order valence-electron chi connectivity index (χ0n) is 24.0. The van der Waals surface area contributed by atoms with Crippen LogP contribution in [0.4, 0.5) is 4.39 Å². The summed E-state index contributed by atoms with van der Waals surface area (Å²) in [5.74, 6) is 1.59. The molecule has 0 radical (unpaired) electrons. The third-order valence-electron chi connectivity index (χ3n) is 7.05. The number of ether oxygens (including phenoxy) is 2. The van der Waals surface area contributed by atoms with Crippen molar-refractivity contribution in [3.8, 4) is 22.8 Å². The van der Waals surface area contributed by atoms with Crippen molar-refractivity contribution in [3.63, 3.8) is 0 Å². The van der Waals surface area contributed by atoms with Gasteiger partial charge in [-0.15, -0.1) is 0 Å². The van der Waals surface area contributed by atoms with E-state index in [2.05, 4.69) is 31.8 Å². The van der Waals surface area contributed by atoms with Crippen LogP contribution in [0.5, 0.6) is 11.6 Å². The molecule has 2 atom stereocenters. The molecule has 0 aliphatic heterocycles. The van der Waals surface area contributed by atoms with Gasteiger partial charge in [-0.05, 0) is 90.0 Å². The highest BCUT2D eigenvalue weighted by Crippen LogP contribution is 2.53. The summed E-state index contributed by atoms with van der Waals surface area (Å²) >= 11 is 0. The molecule has 7 heteroatoms. The molecule has 0 N–H and O–H groups in total. The van der Waals surface area contributed by atoms with Gasteiger partial charge in [-0.1, -0.05) is 39.0 Å². The molecule has 0 bridgehead atoms. The second-order valence-corrected chi connectivity index (χ2v) is 14.5. The average Bonchev–Trinajstić information content (AvgIpc) is 3.71. The van der Waals surface area contributed by atoms with Crippen LogP contribution in [-0.4, -0.2) is 31.5 Å².